The SMILES string of the molecule is Cc1noc(CCNCc2ccc(/C(N)=N/O)cc2)n1. The maximum atomic E-state index is 8.57. The normalized spacial score (nSPS) is 11.8. The molecule has 0 unspecified atom stereocenters. The lowest BCUT2D eigenvalue weighted by Crippen LogP contribution is -2.17. The summed E-state index contributed by atoms with van der Waals surface area (Å²) in [5.41, 5.74) is 7.30. The minimum Gasteiger partial charge on any atom is -0.409 e. The van der Waals surface area contributed by atoms with Gasteiger partial charge in [0.15, 0.2) is 11.7 Å². The van der Waals surface area contributed by atoms with Crippen LogP contribution in [-0.2, 0) is 13.0 Å². The van der Waals surface area contributed by atoms with Gasteiger partial charge in [-0.1, -0.05) is 34.6 Å². The number of nitrogens with two attached hydrogens (primary N) is 1. The first-order valence-corrected chi connectivity index (χ1v) is 6.26. The third-order valence-corrected chi connectivity index (χ3v) is 2.77. The van der Waals surface area contributed by atoms with E-state index >= 15 is 0 Å². The Kier molecular flexibility index (Phi) is 4.67. The van der Waals surface area contributed by atoms with Crippen LogP contribution in [0.2, 0.25) is 0 Å². The van der Waals surface area contributed by atoms with Crippen LogP contribution in [-0.4, -0.2) is 27.7 Å². The fraction of sp³-hybridized carbons (Fsp3) is 0.308. The Hall–Kier alpha value is -2.41. The van der Waals surface area contributed by atoms with Gasteiger partial charge < -0.3 is 20.8 Å². The van der Waals surface area contributed by atoms with Crippen LogP contribution in [0.4, 0.5) is 0 Å². The minimum atomic E-state index is 0.108. The second kappa shape index (κ2) is 6.67. The summed E-state index contributed by atoms with van der Waals surface area (Å²) < 4.78 is 5.02. The molecule has 0 aliphatic rings. The predicted molar refractivity (Wildman–Crippen MR) is 73.4 cm³/mol. The third-order valence-electron chi connectivity index (χ3n) is 2.77. The summed E-state index contributed by atoms with van der Waals surface area (Å²) in [6.07, 6.45) is 0.697. The molecule has 0 fully saturated rings. The molecule has 0 amide bonds. The van der Waals surface area contributed by atoms with E-state index in [9.17, 15) is 0 Å². The van der Waals surface area contributed by atoms with Gasteiger partial charge in [-0.3, -0.25) is 0 Å². The van der Waals surface area contributed by atoms with Crippen molar-refractivity contribution in [2.24, 2.45) is 10.9 Å². The maximum Gasteiger partial charge on any atom is 0.227 e. The molecule has 4 N–H and O–H groups in total. The molecule has 106 valence electrons. The zero-order valence-electron chi connectivity index (χ0n) is 11.2. The molecular formula is C13H17N5O2. The Labute approximate surface area is 116 Å². The van der Waals surface area contributed by atoms with Crippen LogP contribution in [0.5, 0.6) is 0 Å². The summed E-state index contributed by atoms with van der Waals surface area (Å²) in [7, 11) is 0. The first-order valence-electron chi connectivity index (χ1n) is 6.26. The van der Waals surface area contributed by atoms with Gasteiger partial charge in [-0.15, -0.1) is 0 Å². The van der Waals surface area contributed by atoms with Crippen LogP contribution in [0, 0.1) is 6.92 Å². The van der Waals surface area contributed by atoms with E-state index in [0.717, 1.165) is 18.7 Å². The van der Waals surface area contributed by atoms with E-state index in [-0.39, 0.29) is 5.84 Å². The Bertz CT molecular complexity index is 577. The Morgan fingerprint density at radius 3 is 2.75 bits per heavy atom. The molecule has 0 aliphatic heterocycles. The van der Waals surface area contributed by atoms with Gasteiger partial charge in [0.05, 0.1) is 0 Å². The van der Waals surface area contributed by atoms with Gasteiger partial charge in [-0.2, -0.15) is 4.98 Å². The highest BCUT2D eigenvalue weighted by Gasteiger charge is 2.02. The largest absolute Gasteiger partial charge is 0.409 e. The molecule has 1 heterocycles. The molecule has 0 saturated carbocycles. The molecule has 1 aromatic heterocycles. The van der Waals surface area contributed by atoms with Crippen molar-refractivity contribution < 1.29 is 9.73 Å². The fourth-order valence-corrected chi connectivity index (χ4v) is 1.72. The maximum absolute atomic E-state index is 8.57. The molecule has 2 aromatic rings. The number of hydrogen-bond donors (Lipinski definition) is 3. The third kappa shape index (κ3) is 3.79. The second-order valence-electron chi connectivity index (χ2n) is 4.34. The number of aryl methyl sites for hydroxylation is 1. The molecule has 0 bridgehead atoms. The number of nitrogens with one attached hydrogen (secondary N) is 1. The monoisotopic (exact) mass is 275 g/mol. The van der Waals surface area contributed by atoms with Crippen molar-refractivity contribution in [2.75, 3.05) is 6.54 Å². The summed E-state index contributed by atoms with van der Waals surface area (Å²) in [5.74, 6) is 1.40. The lowest BCUT2D eigenvalue weighted by molar-refractivity contribution is 0.318. The number of nitrogens with zero attached hydrogens (tertiary/aromatic N) is 3. The lowest BCUT2D eigenvalue weighted by atomic mass is 10.1. The molecule has 0 aliphatic carbocycles. The molecule has 7 nitrogen and oxygen atoms in total. The first-order chi connectivity index (χ1) is 9.69. The standard InChI is InChI=1S/C13H17N5O2/c1-9-16-12(20-18-9)6-7-15-8-10-2-4-11(5-3-10)13(14)17-19/h2-5,15,19H,6-8H2,1H3,(H2,14,17). The Morgan fingerprint density at radius 1 is 1.40 bits per heavy atom. The lowest BCUT2D eigenvalue weighted by Gasteiger charge is -2.04. The van der Waals surface area contributed by atoms with E-state index in [1.54, 1.807) is 6.92 Å². The highest BCUT2D eigenvalue weighted by molar-refractivity contribution is 5.96. The minimum absolute atomic E-state index is 0.108. The van der Waals surface area contributed by atoms with Crippen LogP contribution in [0.3, 0.4) is 0 Å². The average Bonchev–Trinajstić information content (AvgIpc) is 2.89. The zero-order valence-corrected chi connectivity index (χ0v) is 11.2. The summed E-state index contributed by atoms with van der Waals surface area (Å²) in [6, 6.07) is 7.48. The number of aromatic nitrogens is 2. The highest BCUT2D eigenvalue weighted by atomic mass is 16.5. The van der Waals surface area contributed by atoms with E-state index in [1.165, 1.54) is 0 Å². The Morgan fingerprint density at radius 2 is 2.15 bits per heavy atom. The zero-order chi connectivity index (χ0) is 14.4. The highest BCUT2D eigenvalue weighted by Crippen LogP contribution is 2.04. The van der Waals surface area contributed by atoms with Crippen molar-refractivity contribution in [3.05, 3.63) is 47.1 Å². The predicted octanol–water partition coefficient (Wildman–Crippen LogP) is 0.805. The summed E-state index contributed by atoms with van der Waals surface area (Å²) in [6.45, 7) is 3.27. The van der Waals surface area contributed by atoms with Crippen molar-refractivity contribution in [1.82, 2.24) is 15.5 Å². The van der Waals surface area contributed by atoms with E-state index < -0.39 is 0 Å². The second-order valence-corrected chi connectivity index (χ2v) is 4.34. The van der Waals surface area contributed by atoms with Gasteiger partial charge in [0.2, 0.25) is 5.89 Å². The van der Waals surface area contributed by atoms with Crippen LogP contribution < -0.4 is 11.1 Å². The smallest absolute Gasteiger partial charge is 0.227 e. The van der Waals surface area contributed by atoms with Gasteiger partial charge in [0.25, 0.3) is 0 Å². The summed E-state index contributed by atoms with van der Waals surface area (Å²) in [5, 5.41) is 18.5. The van der Waals surface area contributed by atoms with Gasteiger partial charge in [0, 0.05) is 25.1 Å². The van der Waals surface area contributed by atoms with Crippen LogP contribution in [0.1, 0.15) is 22.8 Å². The number of rotatable bonds is 6. The first kappa shape index (κ1) is 14.0. The van der Waals surface area contributed by atoms with Crippen molar-refractivity contribution in [2.45, 2.75) is 19.9 Å². The Balaban J connectivity index is 1.77. The number of benzene rings is 1. The molecule has 20 heavy (non-hydrogen) atoms. The van der Waals surface area contributed by atoms with E-state index in [0.29, 0.717) is 23.7 Å². The van der Waals surface area contributed by atoms with Crippen molar-refractivity contribution in [1.29, 1.82) is 0 Å². The topological polar surface area (TPSA) is 110 Å². The van der Waals surface area contributed by atoms with Gasteiger partial charge in [-0.05, 0) is 12.5 Å². The quantitative estimate of drug-likeness (QED) is 0.236. The molecule has 2 rings (SSSR count). The fourth-order valence-electron chi connectivity index (χ4n) is 1.72. The van der Waals surface area contributed by atoms with Crippen molar-refractivity contribution >= 4 is 5.84 Å². The molecule has 0 spiro atoms. The van der Waals surface area contributed by atoms with Crippen LogP contribution in [0.15, 0.2) is 33.9 Å². The van der Waals surface area contributed by atoms with E-state index in [2.05, 4.69) is 20.6 Å². The number of amidine groups is 1. The molecule has 0 atom stereocenters. The summed E-state index contributed by atoms with van der Waals surface area (Å²) >= 11 is 0. The van der Waals surface area contributed by atoms with Gasteiger partial charge in [-0.25, -0.2) is 0 Å². The van der Waals surface area contributed by atoms with Crippen molar-refractivity contribution in [3.8, 4) is 0 Å². The van der Waals surface area contributed by atoms with Gasteiger partial charge in [0.1, 0.15) is 0 Å². The van der Waals surface area contributed by atoms with Crippen molar-refractivity contribution in [3.63, 3.8) is 0 Å². The van der Waals surface area contributed by atoms with E-state index in [4.69, 9.17) is 15.5 Å². The molecular weight excluding hydrogens is 258 g/mol. The van der Waals surface area contributed by atoms with Crippen LogP contribution >= 0.6 is 0 Å². The average molecular weight is 275 g/mol. The van der Waals surface area contributed by atoms with Gasteiger partial charge >= 0.3 is 0 Å². The van der Waals surface area contributed by atoms with Crippen LogP contribution in [0.25, 0.3) is 0 Å². The molecule has 0 saturated heterocycles. The number of hydrogen-bond acceptors (Lipinski definition) is 6. The molecule has 7 heteroatoms. The molecule has 0 radical (unpaired) electrons. The molecule has 1 aromatic carbocycles. The number of oxime groups is 1. The van der Waals surface area contributed by atoms with E-state index in [1.807, 2.05) is 24.3 Å². The summed E-state index contributed by atoms with van der Waals surface area (Å²) in [4.78, 5) is 4.13.